The molecule has 1 heterocycles. The molecular formula is C15H20O3. The van der Waals surface area contributed by atoms with Crippen molar-refractivity contribution in [2.45, 2.75) is 38.2 Å². The Balaban J connectivity index is 1.92. The SMILES string of the molecule is CC1CCC(O)(c2ccc3c(c2)OCCCO3)C1. The van der Waals surface area contributed by atoms with E-state index in [-0.39, 0.29) is 0 Å². The predicted octanol–water partition coefficient (Wildman–Crippen LogP) is 2.86. The number of benzene rings is 1. The second kappa shape index (κ2) is 4.47. The maximum Gasteiger partial charge on any atom is 0.161 e. The quantitative estimate of drug-likeness (QED) is 0.830. The van der Waals surface area contributed by atoms with Gasteiger partial charge in [-0.2, -0.15) is 0 Å². The molecule has 1 saturated carbocycles. The van der Waals surface area contributed by atoms with E-state index in [1.54, 1.807) is 0 Å². The highest BCUT2D eigenvalue weighted by Crippen LogP contribution is 2.44. The summed E-state index contributed by atoms with van der Waals surface area (Å²) in [6.45, 7) is 3.58. The second-order valence-corrected chi connectivity index (χ2v) is 5.59. The van der Waals surface area contributed by atoms with Gasteiger partial charge in [0.1, 0.15) is 0 Å². The number of aliphatic hydroxyl groups is 1. The maximum absolute atomic E-state index is 10.7. The van der Waals surface area contributed by atoms with Gasteiger partial charge in [0.15, 0.2) is 11.5 Å². The Morgan fingerprint density at radius 3 is 2.72 bits per heavy atom. The Bertz CT molecular complexity index is 443. The first-order chi connectivity index (χ1) is 8.67. The fourth-order valence-electron chi connectivity index (χ4n) is 2.98. The molecule has 3 heteroatoms. The van der Waals surface area contributed by atoms with Crippen LogP contribution in [0.25, 0.3) is 0 Å². The summed E-state index contributed by atoms with van der Waals surface area (Å²) in [5.74, 6) is 2.16. The normalized spacial score (nSPS) is 31.1. The van der Waals surface area contributed by atoms with Crippen LogP contribution in [0.4, 0.5) is 0 Å². The van der Waals surface area contributed by atoms with Crippen LogP contribution in [0.3, 0.4) is 0 Å². The van der Waals surface area contributed by atoms with Crippen molar-refractivity contribution < 1.29 is 14.6 Å². The van der Waals surface area contributed by atoms with E-state index in [9.17, 15) is 5.11 Å². The summed E-state index contributed by atoms with van der Waals surface area (Å²) < 4.78 is 11.3. The molecule has 1 fully saturated rings. The van der Waals surface area contributed by atoms with Crippen molar-refractivity contribution in [2.24, 2.45) is 5.92 Å². The van der Waals surface area contributed by atoms with Crippen LogP contribution in [-0.2, 0) is 5.60 Å². The van der Waals surface area contributed by atoms with E-state index in [4.69, 9.17) is 9.47 Å². The molecule has 1 N–H and O–H groups in total. The van der Waals surface area contributed by atoms with Crippen LogP contribution in [0.15, 0.2) is 18.2 Å². The van der Waals surface area contributed by atoms with Gasteiger partial charge in [0.25, 0.3) is 0 Å². The van der Waals surface area contributed by atoms with Crippen LogP contribution in [0.5, 0.6) is 11.5 Å². The molecule has 2 atom stereocenters. The number of rotatable bonds is 1. The number of hydrogen-bond acceptors (Lipinski definition) is 3. The third-order valence-electron chi connectivity index (χ3n) is 4.02. The van der Waals surface area contributed by atoms with Crippen LogP contribution >= 0.6 is 0 Å². The molecule has 18 heavy (non-hydrogen) atoms. The number of fused-ring (bicyclic) bond motifs is 1. The Labute approximate surface area is 108 Å². The van der Waals surface area contributed by atoms with Crippen LogP contribution in [0.1, 0.15) is 38.2 Å². The van der Waals surface area contributed by atoms with Crippen molar-refractivity contribution in [3.05, 3.63) is 23.8 Å². The van der Waals surface area contributed by atoms with Crippen molar-refractivity contribution in [1.82, 2.24) is 0 Å². The standard InChI is InChI=1S/C15H20O3/c1-11-5-6-15(16,10-11)12-3-4-13-14(9-12)18-8-2-7-17-13/h3-4,9,11,16H,2,5-8,10H2,1H3. The molecule has 0 bridgehead atoms. The first-order valence-electron chi connectivity index (χ1n) is 6.80. The molecule has 0 spiro atoms. The molecule has 3 rings (SSSR count). The third-order valence-corrected chi connectivity index (χ3v) is 4.02. The van der Waals surface area contributed by atoms with Gasteiger partial charge < -0.3 is 14.6 Å². The van der Waals surface area contributed by atoms with E-state index in [0.717, 1.165) is 42.7 Å². The first kappa shape index (κ1) is 11.8. The van der Waals surface area contributed by atoms with E-state index in [0.29, 0.717) is 19.1 Å². The van der Waals surface area contributed by atoms with Gasteiger partial charge >= 0.3 is 0 Å². The fraction of sp³-hybridized carbons (Fsp3) is 0.600. The molecule has 1 aromatic rings. The van der Waals surface area contributed by atoms with E-state index >= 15 is 0 Å². The Kier molecular flexibility index (Phi) is 2.94. The van der Waals surface area contributed by atoms with Crippen molar-refractivity contribution in [2.75, 3.05) is 13.2 Å². The summed E-state index contributed by atoms with van der Waals surface area (Å²) in [6, 6.07) is 5.86. The second-order valence-electron chi connectivity index (χ2n) is 5.59. The van der Waals surface area contributed by atoms with E-state index in [1.165, 1.54) is 0 Å². The zero-order chi connectivity index (χ0) is 12.6. The van der Waals surface area contributed by atoms with Gasteiger partial charge in [-0.3, -0.25) is 0 Å². The molecule has 2 unspecified atom stereocenters. The van der Waals surface area contributed by atoms with Crippen LogP contribution in [-0.4, -0.2) is 18.3 Å². The third kappa shape index (κ3) is 2.07. The molecule has 2 aliphatic rings. The minimum absolute atomic E-state index is 0.589. The zero-order valence-corrected chi connectivity index (χ0v) is 10.8. The summed E-state index contributed by atoms with van der Waals surface area (Å²) in [5.41, 5.74) is 0.292. The number of hydrogen-bond donors (Lipinski definition) is 1. The average molecular weight is 248 g/mol. The monoisotopic (exact) mass is 248 g/mol. The van der Waals surface area contributed by atoms with E-state index in [1.807, 2.05) is 18.2 Å². The molecule has 1 aromatic carbocycles. The van der Waals surface area contributed by atoms with Gasteiger partial charge in [0.05, 0.1) is 18.8 Å². The minimum atomic E-state index is -0.676. The van der Waals surface area contributed by atoms with Gasteiger partial charge in [0.2, 0.25) is 0 Å². The molecule has 0 saturated heterocycles. The lowest BCUT2D eigenvalue weighted by Crippen LogP contribution is -2.21. The fourth-order valence-corrected chi connectivity index (χ4v) is 2.98. The largest absolute Gasteiger partial charge is 0.490 e. The van der Waals surface area contributed by atoms with Gasteiger partial charge in [-0.15, -0.1) is 0 Å². The summed E-state index contributed by atoms with van der Waals surface area (Å²) in [5, 5.41) is 10.7. The van der Waals surface area contributed by atoms with Gasteiger partial charge in [-0.05, 0) is 42.9 Å². The van der Waals surface area contributed by atoms with Crippen LogP contribution < -0.4 is 9.47 Å². The lowest BCUT2D eigenvalue weighted by molar-refractivity contribution is 0.0405. The van der Waals surface area contributed by atoms with Crippen molar-refractivity contribution >= 4 is 0 Å². The van der Waals surface area contributed by atoms with Crippen molar-refractivity contribution in [1.29, 1.82) is 0 Å². The highest BCUT2D eigenvalue weighted by molar-refractivity contribution is 5.45. The Hall–Kier alpha value is -1.22. The molecule has 3 nitrogen and oxygen atoms in total. The molecule has 0 amide bonds. The molecule has 0 aromatic heterocycles. The lowest BCUT2D eigenvalue weighted by atomic mass is 9.91. The van der Waals surface area contributed by atoms with Gasteiger partial charge in [-0.25, -0.2) is 0 Å². The minimum Gasteiger partial charge on any atom is -0.490 e. The molecule has 1 aliphatic heterocycles. The van der Waals surface area contributed by atoms with Crippen molar-refractivity contribution in [3.8, 4) is 11.5 Å². The first-order valence-corrected chi connectivity index (χ1v) is 6.80. The molecule has 0 radical (unpaired) electrons. The van der Waals surface area contributed by atoms with E-state index < -0.39 is 5.60 Å². The molecular weight excluding hydrogens is 228 g/mol. The summed E-state index contributed by atoms with van der Waals surface area (Å²) in [4.78, 5) is 0. The van der Waals surface area contributed by atoms with E-state index in [2.05, 4.69) is 6.92 Å². The summed E-state index contributed by atoms with van der Waals surface area (Å²) in [6.07, 6.45) is 3.68. The lowest BCUT2D eigenvalue weighted by Gasteiger charge is -2.24. The Morgan fingerprint density at radius 2 is 2.00 bits per heavy atom. The molecule has 98 valence electrons. The number of ether oxygens (including phenoxy) is 2. The molecule has 1 aliphatic carbocycles. The predicted molar refractivity (Wildman–Crippen MR) is 69.0 cm³/mol. The highest BCUT2D eigenvalue weighted by atomic mass is 16.5. The topological polar surface area (TPSA) is 38.7 Å². The summed E-state index contributed by atoms with van der Waals surface area (Å²) in [7, 11) is 0. The van der Waals surface area contributed by atoms with Crippen LogP contribution in [0.2, 0.25) is 0 Å². The highest BCUT2D eigenvalue weighted by Gasteiger charge is 2.37. The van der Waals surface area contributed by atoms with Crippen LogP contribution in [0, 0.1) is 5.92 Å². The average Bonchev–Trinajstić information content (AvgIpc) is 2.60. The van der Waals surface area contributed by atoms with Gasteiger partial charge in [-0.1, -0.05) is 13.0 Å². The zero-order valence-electron chi connectivity index (χ0n) is 10.8. The maximum atomic E-state index is 10.7. The van der Waals surface area contributed by atoms with Crippen molar-refractivity contribution in [3.63, 3.8) is 0 Å². The smallest absolute Gasteiger partial charge is 0.161 e. The summed E-state index contributed by atoms with van der Waals surface area (Å²) >= 11 is 0. The Morgan fingerprint density at radius 1 is 1.22 bits per heavy atom. The van der Waals surface area contributed by atoms with Gasteiger partial charge in [0, 0.05) is 6.42 Å².